The average Bonchev–Trinajstić information content (AvgIpc) is 3.68. The van der Waals surface area contributed by atoms with Crippen molar-refractivity contribution in [2.45, 2.75) is 19.2 Å². The van der Waals surface area contributed by atoms with Crippen LogP contribution < -0.4 is 15.6 Å². The van der Waals surface area contributed by atoms with E-state index in [4.69, 9.17) is 4.74 Å². The fourth-order valence-corrected chi connectivity index (χ4v) is 6.91. The maximum Gasteiger partial charge on any atom is 0.341 e. The summed E-state index contributed by atoms with van der Waals surface area (Å²) in [5, 5.41) is 13.3. The lowest BCUT2D eigenvalue weighted by Crippen LogP contribution is -2.35. The van der Waals surface area contributed by atoms with Crippen LogP contribution in [-0.2, 0) is 11.5 Å². The lowest BCUT2D eigenvalue weighted by molar-refractivity contribution is 0.0693. The SMILES string of the molecule is CNc1cc(F)c(F)c2c1[nH]c1ncc(-c3cnc4c(c3)c(=O)c(C(=O)O)cn4COC)c(N3CC[C@@H]4CN(C)C[C@@H]43)c12. The van der Waals surface area contributed by atoms with Gasteiger partial charge in [0.25, 0.3) is 0 Å². The summed E-state index contributed by atoms with van der Waals surface area (Å²) in [5.41, 5.74) is 2.08. The van der Waals surface area contributed by atoms with Gasteiger partial charge >= 0.3 is 5.97 Å². The zero-order chi connectivity index (χ0) is 30.2. The number of hydrogen-bond acceptors (Lipinski definition) is 8. The molecule has 6 heterocycles. The number of halogens is 2. The molecule has 0 radical (unpaired) electrons. The van der Waals surface area contributed by atoms with Crippen molar-refractivity contribution in [2.24, 2.45) is 5.92 Å². The van der Waals surface area contributed by atoms with Crippen LogP contribution in [0, 0.1) is 17.6 Å². The summed E-state index contributed by atoms with van der Waals surface area (Å²) >= 11 is 0. The summed E-state index contributed by atoms with van der Waals surface area (Å²) in [6, 6.07) is 2.84. The van der Waals surface area contributed by atoms with E-state index in [1.807, 2.05) is 0 Å². The van der Waals surface area contributed by atoms with Gasteiger partial charge in [-0.05, 0) is 25.5 Å². The van der Waals surface area contributed by atoms with Crippen LogP contribution in [0.3, 0.4) is 0 Å². The molecule has 2 fully saturated rings. The molecule has 0 bridgehead atoms. The number of nitrogens with one attached hydrogen (secondary N) is 2. The number of pyridine rings is 3. The van der Waals surface area contributed by atoms with Crippen molar-refractivity contribution in [3.05, 3.63) is 58.1 Å². The number of methoxy groups -OCH3 is 1. The van der Waals surface area contributed by atoms with E-state index in [-0.39, 0.29) is 29.2 Å². The van der Waals surface area contributed by atoms with Crippen LogP contribution in [0.25, 0.3) is 44.1 Å². The van der Waals surface area contributed by atoms with Gasteiger partial charge < -0.3 is 34.5 Å². The third kappa shape index (κ3) is 4.06. The molecule has 0 amide bonds. The molecule has 11 nitrogen and oxygen atoms in total. The predicted molar refractivity (Wildman–Crippen MR) is 159 cm³/mol. The van der Waals surface area contributed by atoms with Crippen molar-refractivity contribution in [3.8, 4) is 11.1 Å². The number of fused-ring (bicyclic) bond motifs is 5. The molecule has 0 unspecified atom stereocenters. The number of rotatable bonds is 6. The van der Waals surface area contributed by atoms with Gasteiger partial charge in [0.05, 0.1) is 33.1 Å². The van der Waals surface area contributed by atoms with Crippen molar-refractivity contribution < 1.29 is 23.4 Å². The van der Waals surface area contributed by atoms with E-state index in [1.165, 1.54) is 17.9 Å². The third-order valence-corrected chi connectivity index (χ3v) is 8.77. The van der Waals surface area contributed by atoms with Gasteiger partial charge in [0, 0.05) is 75.6 Å². The van der Waals surface area contributed by atoms with Gasteiger partial charge in [-0.2, -0.15) is 0 Å². The minimum Gasteiger partial charge on any atom is -0.477 e. The van der Waals surface area contributed by atoms with E-state index in [9.17, 15) is 19.1 Å². The summed E-state index contributed by atoms with van der Waals surface area (Å²) in [7, 11) is 5.16. The number of anilines is 2. The average molecular weight is 590 g/mol. The largest absolute Gasteiger partial charge is 0.477 e. The minimum absolute atomic E-state index is 0.0134. The summed E-state index contributed by atoms with van der Waals surface area (Å²) in [4.78, 5) is 42.1. The second-order valence-electron chi connectivity index (χ2n) is 11.3. The third-order valence-electron chi connectivity index (χ3n) is 8.77. The summed E-state index contributed by atoms with van der Waals surface area (Å²) in [6.07, 6.45) is 5.37. The second kappa shape index (κ2) is 9.99. The predicted octanol–water partition coefficient (Wildman–Crippen LogP) is 3.86. The number of likely N-dealkylation sites (tertiary alicyclic amines) is 1. The lowest BCUT2D eigenvalue weighted by atomic mass is 9.99. The molecule has 5 aromatic rings. The Morgan fingerprint density at radius 3 is 2.77 bits per heavy atom. The molecule has 0 aliphatic carbocycles. The minimum atomic E-state index is -1.36. The Morgan fingerprint density at radius 1 is 1.21 bits per heavy atom. The Balaban J connectivity index is 1.56. The molecule has 7 rings (SSSR count). The zero-order valence-electron chi connectivity index (χ0n) is 23.7. The zero-order valence-corrected chi connectivity index (χ0v) is 23.7. The highest BCUT2D eigenvalue weighted by Gasteiger charge is 2.42. The van der Waals surface area contributed by atoms with E-state index in [0.29, 0.717) is 51.5 Å². The first-order chi connectivity index (χ1) is 20.7. The summed E-state index contributed by atoms with van der Waals surface area (Å²) < 4.78 is 37.3. The van der Waals surface area contributed by atoms with Gasteiger partial charge in [0.15, 0.2) is 11.6 Å². The van der Waals surface area contributed by atoms with E-state index in [1.54, 1.807) is 25.5 Å². The molecule has 1 aromatic carbocycles. The monoisotopic (exact) mass is 589 g/mol. The number of likely N-dealkylation sites (N-methyl/N-ethyl adjacent to an activating group) is 1. The van der Waals surface area contributed by atoms with Crippen LogP contribution in [0.5, 0.6) is 0 Å². The molecule has 222 valence electrons. The summed E-state index contributed by atoms with van der Waals surface area (Å²) in [6.45, 7) is 2.41. The molecule has 4 aromatic heterocycles. The quantitative estimate of drug-likeness (QED) is 0.271. The van der Waals surface area contributed by atoms with Crippen LogP contribution in [0.4, 0.5) is 20.2 Å². The number of carboxylic acid groups (broad SMARTS) is 1. The maximum atomic E-state index is 15.7. The van der Waals surface area contributed by atoms with Crippen molar-refractivity contribution in [2.75, 3.05) is 51.1 Å². The molecular formula is C30H29F2N7O4. The van der Waals surface area contributed by atoms with Gasteiger partial charge in [-0.15, -0.1) is 0 Å². The number of aromatic amines is 1. The van der Waals surface area contributed by atoms with E-state index in [2.05, 4.69) is 37.1 Å². The number of carboxylic acids is 1. The van der Waals surface area contributed by atoms with Gasteiger partial charge in [-0.25, -0.2) is 23.5 Å². The van der Waals surface area contributed by atoms with Gasteiger partial charge in [-0.3, -0.25) is 4.79 Å². The van der Waals surface area contributed by atoms with Gasteiger partial charge in [0.1, 0.15) is 23.6 Å². The summed E-state index contributed by atoms with van der Waals surface area (Å²) in [5.74, 6) is -2.93. The topological polar surface area (TPSA) is 129 Å². The normalized spacial score (nSPS) is 18.8. The number of aromatic carboxylic acids is 1. The highest BCUT2D eigenvalue weighted by molar-refractivity contribution is 6.18. The highest BCUT2D eigenvalue weighted by atomic mass is 19.2. The molecule has 2 aliphatic rings. The van der Waals surface area contributed by atoms with Crippen LogP contribution >= 0.6 is 0 Å². The van der Waals surface area contributed by atoms with Crippen molar-refractivity contribution in [3.63, 3.8) is 0 Å². The molecule has 2 aliphatic heterocycles. The lowest BCUT2D eigenvalue weighted by Gasteiger charge is -2.29. The fraction of sp³-hybridized carbons (Fsp3) is 0.333. The molecule has 0 spiro atoms. The number of H-pyrrole nitrogens is 1. The van der Waals surface area contributed by atoms with Crippen molar-refractivity contribution >= 4 is 50.3 Å². The molecule has 2 atom stereocenters. The smallest absolute Gasteiger partial charge is 0.341 e. The highest BCUT2D eigenvalue weighted by Crippen LogP contribution is 2.46. The molecule has 2 saturated heterocycles. The second-order valence-corrected chi connectivity index (χ2v) is 11.3. The van der Waals surface area contributed by atoms with Crippen LogP contribution in [-0.4, -0.2) is 82.4 Å². The number of ether oxygens (including phenoxy) is 1. The van der Waals surface area contributed by atoms with E-state index < -0.39 is 28.6 Å². The van der Waals surface area contributed by atoms with Crippen LogP contribution in [0.15, 0.2) is 35.5 Å². The van der Waals surface area contributed by atoms with Gasteiger partial charge in [-0.1, -0.05) is 0 Å². The molecule has 3 N–H and O–H groups in total. The van der Waals surface area contributed by atoms with Crippen LogP contribution in [0.1, 0.15) is 16.8 Å². The standard InChI is InChI=1S/C30H29F2N7O4/c1-33-20-7-19(31)24(32)22-23-26(39-5-4-14-10-37(2)12-21(14)39)17(9-34-28(23)36-25(20)22)15-6-16-27(40)18(30(41)42)11-38(13-43-3)29(16)35-8-15/h6-9,11,14,21,33H,4-5,10,12-13H2,1-3H3,(H,34,36)(H,41,42)/t14-,21+/m1/s1. The van der Waals surface area contributed by atoms with Gasteiger partial charge in [0.2, 0.25) is 5.43 Å². The Kier molecular flexibility index (Phi) is 6.32. The molecule has 13 heteroatoms. The van der Waals surface area contributed by atoms with Crippen molar-refractivity contribution in [1.82, 2.24) is 24.4 Å². The Morgan fingerprint density at radius 2 is 2.02 bits per heavy atom. The Labute approximate surface area is 243 Å². The first-order valence-corrected chi connectivity index (χ1v) is 13.9. The first-order valence-electron chi connectivity index (χ1n) is 13.9. The number of aromatic nitrogens is 4. The number of hydrogen-bond donors (Lipinski definition) is 3. The number of nitrogens with zero attached hydrogens (tertiary/aromatic N) is 5. The molecular weight excluding hydrogens is 560 g/mol. The van der Waals surface area contributed by atoms with E-state index >= 15 is 4.39 Å². The van der Waals surface area contributed by atoms with E-state index in [0.717, 1.165) is 25.6 Å². The van der Waals surface area contributed by atoms with Crippen LogP contribution in [0.2, 0.25) is 0 Å². The Bertz CT molecular complexity index is 2020. The Hall–Kier alpha value is -4.62. The van der Waals surface area contributed by atoms with Crippen molar-refractivity contribution in [1.29, 1.82) is 0 Å². The number of carbonyl (C=O) groups is 1. The molecule has 0 saturated carbocycles. The fourth-order valence-electron chi connectivity index (χ4n) is 6.91. The first kappa shape index (κ1) is 27.2. The number of benzene rings is 1. The molecule has 43 heavy (non-hydrogen) atoms. The maximum absolute atomic E-state index is 15.7.